The number of nitrogens with one attached hydrogen (secondary N) is 3. The number of carbonyl (C=O) groups excluding carboxylic acids is 3. The summed E-state index contributed by atoms with van der Waals surface area (Å²) in [7, 11) is 1.73. The molecule has 0 aliphatic carbocycles. The molecule has 0 saturated heterocycles. The van der Waals surface area contributed by atoms with Crippen LogP contribution in [0.3, 0.4) is 0 Å². The highest BCUT2D eigenvalue weighted by molar-refractivity contribution is 6.06. The molecule has 0 unspecified atom stereocenters. The molecule has 3 amide bonds. The quantitative estimate of drug-likeness (QED) is 0.487. The zero-order valence-electron chi connectivity index (χ0n) is 19.0. The largest absolute Gasteiger partial charge is 0.376 e. The molecule has 7 heteroatoms. The van der Waals surface area contributed by atoms with Crippen molar-refractivity contribution in [2.45, 2.75) is 19.9 Å². The van der Waals surface area contributed by atoms with Crippen LogP contribution in [0.15, 0.2) is 78.9 Å². The van der Waals surface area contributed by atoms with Crippen LogP contribution in [0.1, 0.15) is 34.6 Å². The van der Waals surface area contributed by atoms with Crippen molar-refractivity contribution in [3.8, 4) is 0 Å². The van der Waals surface area contributed by atoms with Crippen LogP contribution in [0.25, 0.3) is 0 Å². The number of hydrogen-bond acceptors (Lipinski definition) is 4. The second-order valence-corrected chi connectivity index (χ2v) is 7.89. The van der Waals surface area contributed by atoms with Gasteiger partial charge in [-0.25, -0.2) is 0 Å². The predicted octanol–water partition coefficient (Wildman–Crippen LogP) is 4.15. The van der Waals surface area contributed by atoms with Gasteiger partial charge in [0.2, 0.25) is 5.91 Å². The first-order valence-corrected chi connectivity index (χ1v) is 10.7. The van der Waals surface area contributed by atoms with Crippen molar-refractivity contribution in [2.75, 3.05) is 29.1 Å². The molecule has 3 aromatic rings. The number of carbonyl (C=O) groups is 3. The minimum Gasteiger partial charge on any atom is -0.376 e. The SMILES string of the molecule is CC(C)NC(=O)c1cccc(NC(=O)CNc2ccc(C(=O)N(C)c3ccccc3)cc2)c1. The first-order valence-electron chi connectivity index (χ1n) is 10.7. The van der Waals surface area contributed by atoms with E-state index in [2.05, 4.69) is 16.0 Å². The van der Waals surface area contributed by atoms with Gasteiger partial charge in [0.1, 0.15) is 0 Å². The fourth-order valence-corrected chi connectivity index (χ4v) is 3.16. The molecule has 7 nitrogen and oxygen atoms in total. The Balaban J connectivity index is 1.54. The number of rotatable bonds is 8. The highest BCUT2D eigenvalue weighted by Crippen LogP contribution is 2.17. The van der Waals surface area contributed by atoms with E-state index in [-0.39, 0.29) is 30.3 Å². The second-order valence-electron chi connectivity index (χ2n) is 7.89. The van der Waals surface area contributed by atoms with Crippen molar-refractivity contribution < 1.29 is 14.4 Å². The number of nitrogens with zero attached hydrogens (tertiary/aromatic N) is 1. The zero-order valence-corrected chi connectivity index (χ0v) is 19.0. The summed E-state index contributed by atoms with van der Waals surface area (Å²) in [5.74, 6) is -0.556. The molecule has 3 rings (SSSR count). The normalized spacial score (nSPS) is 10.4. The Bertz CT molecular complexity index is 1110. The van der Waals surface area contributed by atoms with Crippen molar-refractivity contribution in [1.82, 2.24) is 5.32 Å². The number of anilines is 3. The van der Waals surface area contributed by atoms with Crippen molar-refractivity contribution >= 4 is 34.8 Å². The Hall–Kier alpha value is -4.13. The summed E-state index contributed by atoms with van der Waals surface area (Å²) in [6, 6.07) is 23.2. The molecular formula is C26H28N4O3. The maximum atomic E-state index is 12.7. The average Bonchev–Trinajstić information content (AvgIpc) is 2.82. The molecule has 0 bridgehead atoms. The monoisotopic (exact) mass is 444 g/mol. The van der Waals surface area contributed by atoms with Gasteiger partial charge in [0, 0.05) is 41.3 Å². The van der Waals surface area contributed by atoms with Crippen LogP contribution in [0.2, 0.25) is 0 Å². The molecule has 3 aromatic carbocycles. The third-order valence-corrected chi connectivity index (χ3v) is 4.86. The molecular weight excluding hydrogens is 416 g/mol. The average molecular weight is 445 g/mol. The van der Waals surface area contributed by atoms with Crippen molar-refractivity contribution in [3.63, 3.8) is 0 Å². The lowest BCUT2D eigenvalue weighted by Crippen LogP contribution is -2.30. The van der Waals surface area contributed by atoms with E-state index in [0.717, 1.165) is 5.69 Å². The molecule has 0 aromatic heterocycles. The van der Waals surface area contributed by atoms with Crippen LogP contribution in [0.4, 0.5) is 17.1 Å². The van der Waals surface area contributed by atoms with E-state index in [4.69, 9.17) is 0 Å². The number of amides is 3. The highest BCUT2D eigenvalue weighted by atomic mass is 16.2. The van der Waals surface area contributed by atoms with E-state index >= 15 is 0 Å². The summed E-state index contributed by atoms with van der Waals surface area (Å²) >= 11 is 0. The van der Waals surface area contributed by atoms with Crippen LogP contribution in [-0.4, -0.2) is 37.4 Å². The smallest absolute Gasteiger partial charge is 0.258 e. The van der Waals surface area contributed by atoms with E-state index < -0.39 is 0 Å². The van der Waals surface area contributed by atoms with Crippen LogP contribution in [0.5, 0.6) is 0 Å². The van der Waals surface area contributed by atoms with Gasteiger partial charge in [0.25, 0.3) is 11.8 Å². The molecule has 3 N–H and O–H groups in total. The molecule has 170 valence electrons. The van der Waals surface area contributed by atoms with E-state index in [1.807, 2.05) is 44.2 Å². The van der Waals surface area contributed by atoms with Crippen molar-refractivity contribution in [3.05, 3.63) is 90.0 Å². The maximum Gasteiger partial charge on any atom is 0.258 e. The van der Waals surface area contributed by atoms with Gasteiger partial charge in [0.05, 0.1) is 6.54 Å². The molecule has 0 atom stereocenters. The number of hydrogen-bond donors (Lipinski definition) is 3. The third kappa shape index (κ3) is 6.67. The topological polar surface area (TPSA) is 90.5 Å². The van der Waals surface area contributed by atoms with E-state index in [1.54, 1.807) is 60.5 Å². The van der Waals surface area contributed by atoms with Gasteiger partial charge in [-0.15, -0.1) is 0 Å². The molecule has 0 aliphatic heterocycles. The van der Waals surface area contributed by atoms with Crippen LogP contribution in [-0.2, 0) is 4.79 Å². The summed E-state index contributed by atoms with van der Waals surface area (Å²) < 4.78 is 0. The Kier molecular flexibility index (Phi) is 7.81. The van der Waals surface area contributed by atoms with Crippen LogP contribution in [0, 0.1) is 0 Å². The van der Waals surface area contributed by atoms with Crippen molar-refractivity contribution in [1.29, 1.82) is 0 Å². The lowest BCUT2D eigenvalue weighted by molar-refractivity contribution is -0.114. The Labute approximate surface area is 193 Å². The molecule has 0 aliphatic rings. The lowest BCUT2D eigenvalue weighted by atomic mass is 10.1. The maximum absolute atomic E-state index is 12.7. The van der Waals surface area contributed by atoms with E-state index in [1.165, 1.54) is 0 Å². The van der Waals surface area contributed by atoms with Gasteiger partial charge < -0.3 is 20.9 Å². The summed E-state index contributed by atoms with van der Waals surface area (Å²) in [5, 5.41) is 8.64. The zero-order chi connectivity index (χ0) is 23.8. The summed E-state index contributed by atoms with van der Waals surface area (Å²) in [4.78, 5) is 38.7. The summed E-state index contributed by atoms with van der Waals surface area (Å²) in [5.41, 5.74) is 3.10. The lowest BCUT2D eigenvalue weighted by Gasteiger charge is -2.17. The molecule has 33 heavy (non-hydrogen) atoms. The fourth-order valence-electron chi connectivity index (χ4n) is 3.16. The molecule has 0 saturated carbocycles. The first kappa shape index (κ1) is 23.5. The third-order valence-electron chi connectivity index (χ3n) is 4.86. The first-order chi connectivity index (χ1) is 15.8. The standard InChI is InChI=1S/C26H28N4O3/c1-18(2)28-25(32)20-8-7-9-22(16-20)29-24(31)17-27-21-14-12-19(13-15-21)26(33)30(3)23-10-5-4-6-11-23/h4-16,18,27H,17H2,1-3H3,(H,28,32)(H,29,31). The van der Waals surface area contributed by atoms with E-state index in [0.29, 0.717) is 22.5 Å². The molecule has 0 radical (unpaired) electrons. The van der Waals surface area contributed by atoms with Crippen LogP contribution >= 0.6 is 0 Å². The summed E-state index contributed by atoms with van der Waals surface area (Å²) in [6.07, 6.45) is 0. The van der Waals surface area contributed by atoms with Gasteiger partial charge in [-0.3, -0.25) is 14.4 Å². The Morgan fingerprint density at radius 2 is 1.52 bits per heavy atom. The number of para-hydroxylation sites is 1. The van der Waals surface area contributed by atoms with Gasteiger partial charge in [-0.1, -0.05) is 24.3 Å². The Morgan fingerprint density at radius 3 is 2.18 bits per heavy atom. The second kappa shape index (κ2) is 10.9. The van der Waals surface area contributed by atoms with Gasteiger partial charge in [0.15, 0.2) is 0 Å². The molecule has 0 spiro atoms. The highest BCUT2D eigenvalue weighted by Gasteiger charge is 2.13. The Morgan fingerprint density at radius 1 is 0.818 bits per heavy atom. The van der Waals surface area contributed by atoms with Crippen LogP contribution < -0.4 is 20.9 Å². The predicted molar refractivity (Wildman–Crippen MR) is 132 cm³/mol. The fraction of sp³-hybridized carbons (Fsp3) is 0.192. The summed E-state index contributed by atoms with van der Waals surface area (Å²) in [6.45, 7) is 3.82. The number of benzene rings is 3. The van der Waals surface area contributed by atoms with Gasteiger partial charge >= 0.3 is 0 Å². The minimum absolute atomic E-state index is 0.0281. The van der Waals surface area contributed by atoms with Gasteiger partial charge in [-0.05, 0) is 68.4 Å². The van der Waals surface area contributed by atoms with E-state index in [9.17, 15) is 14.4 Å². The van der Waals surface area contributed by atoms with Gasteiger partial charge in [-0.2, -0.15) is 0 Å². The molecule has 0 heterocycles. The molecule has 0 fully saturated rings. The minimum atomic E-state index is -0.250. The van der Waals surface area contributed by atoms with Crippen molar-refractivity contribution in [2.24, 2.45) is 0 Å².